The maximum absolute atomic E-state index is 16.2. The van der Waals surface area contributed by atoms with Gasteiger partial charge in [-0.25, -0.2) is 26.3 Å². The van der Waals surface area contributed by atoms with Crippen LogP contribution >= 0.6 is 0 Å². The van der Waals surface area contributed by atoms with E-state index in [1.807, 2.05) is 0 Å². The summed E-state index contributed by atoms with van der Waals surface area (Å²) in [7, 11) is -3.87. The Kier molecular flexibility index (Phi) is 7.21. The highest BCUT2D eigenvalue weighted by Crippen LogP contribution is 2.41. The lowest BCUT2D eigenvalue weighted by molar-refractivity contribution is -0.142. The van der Waals surface area contributed by atoms with E-state index in [1.165, 1.54) is 19.1 Å². The zero-order valence-electron chi connectivity index (χ0n) is 18.9. The smallest absolute Gasteiger partial charge is 0.252 e. The Balaban J connectivity index is 1.64. The molecule has 0 spiro atoms. The van der Waals surface area contributed by atoms with Crippen molar-refractivity contribution in [3.05, 3.63) is 54.1 Å². The average molecular weight is 499 g/mol. The third-order valence-corrected chi connectivity index (χ3v) is 8.12. The standard InChI is InChI=1S/C24H29F3N2O4S/c1-2-34(31,32)28-21-18(25)15-29(23(30)20-11-7-13-33-20)19(21)14-24(27)12-6-10-17(22(24)26)16-8-4-3-5-9-16/h3-6,8-10,12,18-22,28H,2,7,11,13-15H2,1H3/t18-,19-,20-,21-,22?,24?/m0/s1. The number of halogens is 3. The molecule has 10 heteroatoms. The van der Waals surface area contributed by atoms with E-state index in [0.29, 0.717) is 25.0 Å². The molecule has 0 saturated carbocycles. The normalized spacial score (nSPS) is 33.8. The van der Waals surface area contributed by atoms with Crippen LogP contribution in [0.3, 0.4) is 0 Å². The number of amides is 1. The summed E-state index contributed by atoms with van der Waals surface area (Å²) >= 11 is 0. The van der Waals surface area contributed by atoms with Crippen LogP contribution in [-0.4, -0.2) is 74.3 Å². The number of nitrogens with zero attached hydrogens (tertiary/aromatic N) is 1. The zero-order chi connectivity index (χ0) is 24.5. The number of carbonyl (C=O) groups excluding carboxylic acids is 1. The van der Waals surface area contributed by atoms with E-state index in [4.69, 9.17) is 4.74 Å². The molecule has 34 heavy (non-hydrogen) atoms. The second kappa shape index (κ2) is 9.83. The van der Waals surface area contributed by atoms with Crippen molar-refractivity contribution in [2.45, 2.75) is 62.4 Å². The molecule has 4 rings (SSSR count). The molecule has 2 unspecified atom stereocenters. The first-order chi connectivity index (χ1) is 16.1. The van der Waals surface area contributed by atoms with E-state index in [9.17, 15) is 13.2 Å². The van der Waals surface area contributed by atoms with Gasteiger partial charge in [0.15, 0.2) is 11.8 Å². The molecule has 1 aromatic carbocycles. The fourth-order valence-corrected chi connectivity index (χ4v) is 5.75. The van der Waals surface area contributed by atoms with Crippen molar-refractivity contribution in [1.29, 1.82) is 0 Å². The molecule has 3 aliphatic rings. The SMILES string of the molecule is CCS(=O)(=O)N[C@H]1[C@@H](F)CN(C(=O)[C@@H]2CCCO2)[C@H]1CC1(F)C=CC=C(c2ccccc2)C1F. The third-order valence-electron chi connectivity index (χ3n) is 6.73. The van der Waals surface area contributed by atoms with Crippen molar-refractivity contribution in [2.24, 2.45) is 0 Å². The Morgan fingerprint density at radius 1 is 1.26 bits per heavy atom. The van der Waals surface area contributed by atoms with Gasteiger partial charge in [-0.3, -0.25) is 4.79 Å². The van der Waals surface area contributed by atoms with Crippen LogP contribution in [-0.2, 0) is 19.6 Å². The molecule has 1 aromatic rings. The molecule has 0 aromatic heterocycles. The summed E-state index contributed by atoms with van der Waals surface area (Å²) in [6.45, 7) is 1.36. The molecule has 2 fully saturated rings. The molecule has 1 amide bonds. The summed E-state index contributed by atoms with van der Waals surface area (Å²) < 4.78 is 79.2. The van der Waals surface area contributed by atoms with Crippen LogP contribution in [0.4, 0.5) is 13.2 Å². The molecule has 0 radical (unpaired) electrons. The largest absolute Gasteiger partial charge is 0.368 e. The molecule has 2 saturated heterocycles. The van der Waals surface area contributed by atoms with Gasteiger partial charge in [0.2, 0.25) is 10.0 Å². The van der Waals surface area contributed by atoms with Crippen LogP contribution in [0.5, 0.6) is 0 Å². The molecule has 6 atom stereocenters. The van der Waals surface area contributed by atoms with E-state index in [-0.39, 0.29) is 11.3 Å². The first-order valence-electron chi connectivity index (χ1n) is 11.5. The highest BCUT2D eigenvalue weighted by atomic mass is 32.2. The van der Waals surface area contributed by atoms with Crippen LogP contribution < -0.4 is 4.72 Å². The number of alkyl halides is 3. The quantitative estimate of drug-likeness (QED) is 0.627. The Bertz CT molecular complexity index is 1060. The predicted octanol–water partition coefficient (Wildman–Crippen LogP) is 3.11. The summed E-state index contributed by atoms with van der Waals surface area (Å²) in [5, 5.41) is 0. The van der Waals surface area contributed by atoms with Crippen LogP contribution in [0.25, 0.3) is 5.57 Å². The molecule has 6 nitrogen and oxygen atoms in total. The summed E-state index contributed by atoms with van der Waals surface area (Å²) in [6.07, 6.45) is -0.202. The summed E-state index contributed by atoms with van der Waals surface area (Å²) in [4.78, 5) is 14.2. The second-order valence-electron chi connectivity index (χ2n) is 8.96. The molecule has 2 heterocycles. The lowest BCUT2D eigenvalue weighted by Gasteiger charge is -2.37. The number of nitrogens with one attached hydrogen (secondary N) is 1. The second-order valence-corrected chi connectivity index (χ2v) is 11.0. The number of hydrogen-bond donors (Lipinski definition) is 1. The van der Waals surface area contributed by atoms with Crippen LogP contribution in [0.2, 0.25) is 0 Å². The fraction of sp³-hybridized carbons (Fsp3) is 0.542. The van der Waals surface area contributed by atoms with Gasteiger partial charge in [0.05, 0.1) is 24.4 Å². The number of rotatable bonds is 7. The molecular weight excluding hydrogens is 469 g/mol. The number of ether oxygens (including phenoxy) is 1. The van der Waals surface area contributed by atoms with Gasteiger partial charge in [0.1, 0.15) is 12.3 Å². The number of benzene rings is 1. The topological polar surface area (TPSA) is 75.7 Å². The van der Waals surface area contributed by atoms with Crippen molar-refractivity contribution in [3.63, 3.8) is 0 Å². The highest BCUT2D eigenvalue weighted by molar-refractivity contribution is 7.89. The van der Waals surface area contributed by atoms with Gasteiger partial charge in [-0.15, -0.1) is 0 Å². The number of carbonyl (C=O) groups is 1. The maximum Gasteiger partial charge on any atom is 0.252 e. The van der Waals surface area contributed by atoms with Gasteiger partial charge in [-0.2, -0.15) is 0 Å². The van der Waals surface area contributed by atoms with Crippen molar-refractivity contribution >= 4 is 21.5 Å². The van der Waals surface area contributed by atoms with Crippen LogP contribution in [0.1, 0.15) is 31.7 Å². The first kappa shape index (κ1) is 24.9. The van der Waals surface area contributed by atoms with E-state index in [1.54, 1.807) is 30.3 Å². The van der Waals surface area contributed by atoms with Gasteiger partial charge in [-0.05, 0) is 37.0 Å². The van der Waals surface area contributed by atoms with Crippen LogP contribution in [0, 0.1) is 0 Å². The number of likely N-dealkylation sites (tertiary alicyclic amines) is 1. The lowest BCUT2D eigenvalue weighted by Crippen LogP contribution is -2.54. The fourth-order valence-electron chi connectivity index (χ4n) is 4.87. The Morgan fingerprint density at radius 3 is 2.65 bits per heavy atom. The lowest BCUT2D eigenvalue weighted by atomic mass is 9.80. The minimum Gasteiger partial charge on any atom is -0.368 e. The zero-order valence-corrected chi connectivity index (χ0v) is 19.7. The Labute approximate surface area is 197 Å². The van der Waals surface area contributed by atoms with E-state index < -0.39 is 65.1 Å². The van der Waals surface area contributed by atoms with Gasteiger partial charge < -0.3 is 9.64 Å². The molecule has 1 aliphatic carbocycles. The van der Waals surface area contributed by atoms with Gasteiger partial charge in [0.25, 0.3) is 5.91 Å². The number of allylic oxidation sites excluding steroid dienone is 4. The number of sulfonamides is 1. The predicted molar refractivity (Wildman–Crippen MR) is 123 cm³/mol. The Morgan fingerprint density at radius 2 is 2.00 bits per heavy atom. The average Bonchev–Trinajstić information content (AvgIpc) is 3.46. The highest BCUT2D eigenvalue weighted by Gasteiger charge is 2.53. The number of hydrogen-bond acceptors (Lipinski definition) is 4. The Hall–Kier alpha value is -2.17. The van der Waals surface area contributed by atoms with Gasteiger partial charge in [0, 0.05) is 13.0 Å². The minimum atomic E-state index is -3.87. The van der Waals surface area contributed by atoms with E-state index in [0.717, 1.165) is 11.0 Å². The van der Waals surface area contributed by atoms with Gasteiger partial charge >= 0.3 is 0 Å². The molecular formula is C24H29F3N2O4S. The van der Waals surface area contributed by atoms with Crippen LogP contribution in [0.15, 0.2) is 48.6 Å². The minimum absolute atomic E-state index is 0.128. The molecule has 1 N–H and O–H groups in total. The van der Waals surface area contributed by atoms with Crippen molar-refractivity contribution in [3.8, 4) is 0 Å². The van der Waals surface area contributed by atoms with Crippen molar-refractivity contribution in [1.82, 2.24) is 9.62 Å². The van der Waals surface area contributed by atoms with Crippen molar-refractivity contribution in [2.75, 3.05) is 18.9 Å². The van der Waals surface area contributed by atoms with E-state index in [2.05, 4.69) is 4.72 Å². The van der Waals surface area contributed by atoms with Crippen molar-refractivity contribution < 1.29 is 31.1 Å². The molecule has 0 bridgehead atoms. The summed E-state index contributed by atoms with van der Waals surface area (Å²) in [5.41, 5.74) is -1.94. The molecule has 186 valence electrons. The van der Waals surface area contributed by atoms with Gasteiger partial charge in [-0.1, -0.05) is 42.5 Å². The van der Waals surface area contributed by atoms with E-state index >= 15 is 13.2 Å². The monoisotopic (exact) mass is 498 g/mol. The summed E-state index contributed by atoms with van der Waals surface area (Å²) in [6, 6.07) is 5.89. The first-order valence-corrected chi connectivity index (χ1v) is 13.1. The maximum atomic E-state index is 16.2. The third kappa shape index (κ3) is 4.94. The summed E-state index contributed by atoms with van der Waals surface area (Å²) in [5.74, 6) is -0.836. The molecule has 2 aliphatic heterocycles.